The lowest BCUT2D eigenvalue weighted by Crippen LogP contribution is -2.40. The second kappa shape index (κ2) is 5.31. The molecule has 0 radical (unpaired) electrons. The van der Waals surface area contributed by atoms with E-state index >= 15 is 0 Å². The van der Waals surface area contributed by atoms with Crippen LogP contribution in [0.15, 0.2) is 29.2 Å². The molecule has 1 fully saturated rings. The largest absolute Gasteiger partial charge is 0.243 e. The molecule has 1 aromatic rings. The highest BCUT2D eigenvalue weighted by molar-refractivity contribution is 8.00. The summed E-state index contributed by atoms with van der Waals surface area (Å²) in [6.07, 6.45) is 0. The first-order chi connectivity index (χ1) is 8.54. The van der Waals surface area contributed by atoms with E-state index in [-0.39, 0.29) is 4.90 Å². The SMILES string of the molecule is CC1CN(S(=O)(=O)c2ccc(C#N)cc2)CCS1. The lowest BCUT2D eigenvalue weighted by Gasteiger charge is -2.29. The van der Waals surface area contributed by atoms with E-state index in [4.69, 9.17) is 5.26 Å². The Morgan fingerprint density at radius 3 is 2.61 bits per heavy atom. The highest BCUT2D eigenvalue weighted by Crippen LogP contribution is 2.24. The van der Waals surface area contributed by atoms with E-state index in [1.54, 1.807) is 11.8 Å². The molecule has 1 aromatic carbocycles. The average Bonchev–Trinajstić information content (AvgIpc) is 2.39. The fourth-order valence-electron chi connectivity index (χ4n) is 1.86. The van der Waals surface area contributed by atoms with Gasteiger partial charge in [0.1, 0.15) is 0 Å². The topological polar surface area (TPSA) is 61.2 Å². The number of thioether (sulfide) groups is 1. The fourth-order valence-corrected chi connectivity index (χ4v) is 4.61. The minimum Gasteiger partial charge on any atom is -0.207 e. The second-order valence-electron chi connectivity index (χ2n) is 4.18. The van der Waals surface area contributed by atoms with E-state index in [9.17, 15) is 8.42 Å². The summed E-state index contributed by atoms with van der Waals surface area (Å²) >= 11 is 1.79. The van der Waals surface area contributed by atoms with Gasteiger partial charge in [-0.2, -0.15) is 21.3 Å². The molecular weight excluding hydrogens is 268 g/mol. The Morgan fingerprint density at radius 1 is 1.39 bits per heavy atom. The number of benzene rings is 1. The molecule has 1 unspecified atom stereocenters. The van der Waals surface area contributed by atoms with Crippen LogP contribution in [0, 0.1) is 11.3 Å². The minimum atomic E-state index is -3.41. The van der Waals surface area contributed by atoms with Crippen molar-refractivity contribution in [2.75, 3.05) is 18.8 Å². The molecule has 0 spiro atoms. The summed E-state index contributed by atoms with van der Waals surface area (Å²) < 4.78 is 26.3. The number of sulfonamides is 1. The van der Waals surface area contributed by atoms with Gasteiger partial charge in [-0.3, -0.25) is 0 Å². The number of rotatable bonds is 2. The van der Waals surface area contributed by atoms with Crippen molar-refractivity contribution in [3.05, 3.63) is 29.8 Å². The Balaban J connectivity index is 2.27. The van der Waals surface area contributed by atoms with Crippen LogP contribution in [-0.4, -0.2) is 36.8 Å². The van der Waals surface area contributed by atoms with Gasteiger partial charge in [0.05, 0.1) is 16.5 Å². The Morgan fingerprint density at radius 2 is 2.06 bits per heavy atom. The highest BCUT2D eigenvalue weighted by Gasteiger charge is 2.28. The zero-order chi connectivity index (χ0) is 13.2. The van der Waals surface area contributed by atoms with Gasteiger partial charge >= 0.3 is 0 Å². The fraction of sp³-hybridized carbons (Fsp3) is 0.417. The normalized spacial score (nSPS) is 21.4. The number of hydrogen-bond acceptors (Lipinski definition) is 4. The maximum atomic E-state index is 12.4. The van der Waals surface area contributed by atoms with Gasteiger partial charge in [0.25, 0.3) is 0 Å². The van der Waals surface area contributed by atoms with Gasteiger partial charge in [-0.15, -0.1) is 0 Å². The van der Waals surface area contributed by atoms with Gasteiger partial charge in [0.2, 0.25) is 10.0 Å². The van der Waals surface area contributed by atoms with Crippen molar-refractivity contribution in [1.29, 1.82) is 5.26 Å². The quantitative estimate of drug-likeness (QED) is 0.828. The van der Waals surface area contributed by atoms with Crippen molar-refractivity contribution in [2.24, 2.45) is 0 Å². The van der Waals surface area contributed by atoms with E-state index in [2.05, 4.69) is 0 Å². The summed E-state index contributed by atoms with van der Waals surface area (Å²) in [4.78, 5) is 0.264. The van der Waals surface area contributed by atoms with Crippen LogP contribution < -0.4 is 0 Å². The van der Waals surface area contributed by atoms with Crippen LogP contribution in [0.1, 0.15) is 12.5 Å². The maximum Gasteiger partial charge on any atom is 0.243 e. The minimum absolute atomic E-state index is 0.264. The standard InChI is InChI=1S/C12H14N2O2S2/c1-10-9-14(6-7-17-10)18(15,16)12-4-2-11(8-13)3-5-12/h2-5,10H,6-7,9H2,1H3. The molecule has 4 nitrogen and oxygen atoms in total. The van der Waals surface area contributed by atoms with Crippen molar-refractivity contribution in [3.8, 4) is 6.07 Å². The van der Waals surface area contributed by atoms with Crippen LogP contribution >= 0.6 is 11.8 Å². The van der Waals surface area contributed by atoms with E-state index in [1.807, 2.05) is 13.0 Å². The van der Waals surface area contributed by atoms with Crippen LogP contribution in [0.25, 0.3) is 0 Å². The molecule has 0 aromatic heterocycles. The van der Waals surface area contributed by atoms with Gasteiger partial charge < -0.3 is 0 Å². The van der Waals surface area contributed by atoms with Crippen LogP contribution in [0.3, 0.4) is 0 Å². The third-order valence-corrected chi connectivity index (χ3v) is 5.84. The predicted molar refractivity (Wildman–Crippen MR) is 71.8 cm³/mol. The van der Waals surface area contributed by atoms with Crippen molar-refractivity contribution in [1.82, 2.24) is 4.31 Å². The van der Waals surface area contributed by atoms with Gasteiger partial charge in [-0.05, 0) is 24.3 Å². The Kier molecular flexibility index (Phi) is 3.95. The van der Waals surface area contributed by atoms with E-state index < -0.39 is 10.0 Å². The van der Waals surface area contributed by atoms with Crippen LogP contribution in [0.5, 0.6) is 0 Å². The first-order valence-electron chi connectivity index (χ1n) is 5.66. The molecule has 1 atom stereocenters. The lowest BCUT2D eigenvalue weighted by atomic mass is 10.2. The van der Waals surface area contributed by atoms with Crippen molar-refractivity contribution >= 4 is 21.8 Å². The summed E-state index contributed by atoms with van der Waals surface area (Å²) in [7, 11) is -3.41. The summed E-state index contributed by atoms with van der Waals surface area (Å²) in [5.41, 5.74) is 0.469. The molecule has 0 aliphatic carbocycles. The molecular formula is C12H14N2O2S2. The molecule has 2 rings (SSSR count). The summed E-state index contributed by atoms with van der Waals surface area (Å²) in [5, 5.41) is 9.03. The summed E-state index contributed by atoms with van der Waals surface area (Å²) in [5.74, 6) is 0.830. The first kappa shape index (κ1) is 13.4. The summed E-state index contributed by atoms with van der Waals surface area (Å²) in [6, 6.07) is 8.05. The highest BCUT2D eigenvalue weighted by atomic mass is 32.2. The van der Waals surface area contributed by atoms with Crippen LogP contribution in [0.4, 0.5) is 0 Å². The second-order valence-corrected chi connectivity index (χ2v) is 7.66. The van der Waals surface area contributed by atoms with Crippen molar-refractivity contribution in [3.63, 3.8) is 0 Å². The first-order valence-corrected chi connectivity index (χ1v) is 8.15. The molecule has 1 aliphatic rings. The van der Waals surface area contributed by atoms with Crippen molar-refractivity contribution in [2.45, 2.75) is 17.1 Å². The van der Waals surface area contributed by atoms with E-state index in [0.717, 1.165) is 5.75 Å². The third kappa shape index (κ3) is 2.69. The number of nitrogens with zero attached hydrogens (tertiary/aromatic N) is 2. The Bertz CT molecular complexity index is 561. The predicted octanol–water partition coefficient (Wildman–Crippen LogP) is 1.68. The van der Waals surface area contributed by atoms with E-state index in [1.165, 1.54) is 28.6 Å². The molecule has 1 saturated heterocycles. The molecule has 0 N–H and O–H groups in total. The molecule has 0 bridgehead atoms. The van der Waals surface area contributed by atoms with Crippen LogP contribution in [-0.2, 0) is 10.0 Å². The number of nitriles is 1. The molecule has 1 aliphatic heterocycles. The molecule has 0 saturated carbocycles. The zero-order valence-electron chi connectivity index (χ0n) is 10.0. The third-order valence-electron chi connectivity index (χ3n) is 2.82. The molecule has 96 valence electrons. The molecule has 18 heavy (non-hydrogen) atoms. The van der Waals surface area contributed by atoms with Gasteiger partial charge in [0, 0.05) is 24.1 Å². The van der Waals surface area contributed by atoms with Gasteiger partial charge in [-0.25, -0.2) is 8.42 Å². The molecule has 0 amide bonds. The lowest BCUT2D eigenvalue weighted by molar-refractivity contribution is 0.424. The number of hydrogen-bond donors (Lipinski definition) is 0. The van der Waals surface area contributed by atoms with E-state index in [0.29, 0.717) is 23.9 Å². The van der Waals surface area contributed by atoms with Crippen molar-refractivity contribution < 1.29 is 8.42 Å². The van der Waals surface area contributed by atoms with Crippen LogP contribution in [0.2, 0.25) is 0 Å². The molecule has 1 heterocycles. The smallest absolute Gasteiger partial charge is 0.207 e. The van der Waals surface area contributed by atoms with Gasteiger partial charge in [0.15, 0.2) is 0 Å². The Labute approximate surface area is 112 Å². The maximum absolute atomic E-state index is 12.4. The van der Waals surface area contributed by atoms with Gasteiger partial charge in [-0.1, -0.05) is 6.92 Å². The molecule has 6 heteroatoms. The average molecular weight is 282 g/mol. The summed E-state index contributed by atoms with van der Waals surface area (Å²) in [6.45, 7) is 3.13. The monoisotopic (exact) mass is 282 g/mol. The zero-order valence-corrected chi connectivity index (χ0v) is 11.7. The Hall–Kier alpha value is -1.03.